The van der Waals surface area contributed by atoms with Gasteiger partial charge >= 0.3 is 6.16 Å². The van der Waals surface area contributed by atoms with Gasteiger partial charge in [0.2, 0.25) is 0 Å². The molecule has 1 atom stereocenters. The van der Waals surface area contributed by atoms with E-state index in [4.69, 9.17) is 9.47 Å². The van der Waals surface area contributed by atoms with Gasteiger partial charge in [0.05, 0.1) is 6.54 Å². The molecule has 1 heterocycles. The first-order chi connectivity index (χ1) is 11.5. The standard InChI is InChI=1S/C20H23NO3/c1-15-20(2,3)17-11-7-8-12-18(17)21(15)13-14-23-19(22)24-16-9-5-4-6-10-16/h4-12,15H,13-14H2,1-3H3. The number of carbonyl (C=O) groups excluding carboxylic acids is 1. The van der Waals surface area contributed by atoms with Crippen molar-refractivity contribution in [1.29, 1.82) is 0 Å². The molecular weight excluding hydrogens is 302 g/mol. The summed E-state index contributed by atoms with van der Waals surface area (Å²) in [6.07, 6.45) is -0.666. The van der Waals surface area contributed by atoms with Crippen molar-refractivity contribution >= 4 is 11.8 Å². The molecule has 1 unspecified atom stereocenters. The maximum Gasteiger partial charge on any atom is 0.513 e. The Morgan fingerprint density at radius 2 is 1.75 bits per heavy atom. The molecule has 0 fully saturated rings. The van der Waals surface area contributed by atoms with Gasteiger partial charge in [-0.1, -0.05) is 50.2 Å². The van der Waals surface area contributed by atoms with Crippen LogP contribution in [0.15, 0.2) is 54.6 Å². The maximum absolute atomic E-state index is 11.8. The highest BCUT2D eigenvalue weighted by atomic mass is 16.7. The van der Waals surface area contributed by atoms with Crippen LogP contribution in [0.1, 0.15) is 26.3 Å². The van der Waals surface area contributed by atoms with Gasteiger partial charge in [-0.05, 0) is 30.7 Å². The number of anilines is 1. The Bertz CT molecular complexity index is 712. The van der Waals surface area contributed by atoms with Crippen molar-refractivity contribution < 1.29 is 14.3 Å². The molecule has 3 rings (SSSR count). The molecule has 0 radical (unpaired) electrons. The van der Waals surface area contributed by atoms with Crippen molar-refractivity contribution in [3.05, 3.63) is 60.2 Å². The zero-order valence-corrected chi connectivity index (χ0v) is 14.4. The van der Waals surface area contributed by atoms with E-state index in [0.717, 1.165) is 0 Å². The van der Waals surface area contributed by atoms with Crippen molar-refractivity contribution in [1.82, 2.24) is 0 Å². The number of benzene rings is 2. The third kappa shape index (κ3) is 3.09. The van der Waals surface area contributed by atoms with E-state index in [1.807, 2.05) is 24.3 Å². The third-order valence-electron chi connectivity index (χ3n) is 4.92. The van der Waals surface area contributed by atoms with Crippen molar-refractivity contribution in [2.45, 2.75) is 32.2 Å². The van der Waals surface area contributed by atoms with Crippen LogP contribution in [0.25, 0.3) is 0 Å². The first-order valence-corrected chi connectivity index (χ1v) is 8.26. The zero-order chi connectivity index (χ0) is 17.2. The van der Waals surface area contributed by atoms with E-state index < -0.39 is 6.16 Å². The van der Waals surface area contributed by atoms with E-state index >= 15 is 0 Å². The minimum Gasteiger partial charge on any atom is -0.432 e. The minimum absolute atomic E-state index is 0.0706. The van der Waals surface area contributed by atoms with Gasteiger partial charge in [0, 0.05) is 17.1 Å². The molecule has 2 aromatic carbocycles. The molecule has 126 valence electrons. The number of carbonyl (C=O) groups is 1. The van der Waals surface area contributed by atoms with Crippen LogP contribution >= 0.6 is 0 Å². The summed E-state index contributed by atoms with van der Waals surface area (Å²) in [5.74, 6) is 0.489. The topological polar surface area (TPSA) is 38.8 Å². The SMILES string of the molecule is CC1N(CCOC(=O)Oc2ccccc2)c2ccccc2C1(C)C. The van der Waals surface area contributed by atoms with Crippen LogP contribution in [0.5, 0.6) is 5.75 Å². The van der Waals surface area contributed by atoms with Crippen LogP contribution in [0.2, 0.25) is 0 Å². The Kier molecular flexibility index (Phi) is 4.47. The van der Waals surface area contributed by atoms with Gasteiger partial charge in [-0.3, -0.25) is 0 Å². The Hall–Kier alpha value is -2.49. The quantitative estimate of drug-likeness (QED) is 0.617. The van der Waals surface area contributed by atoms with Crippen molar-refractivity contribution in [3.8, 4) is 5.75 Å². The Morgan fingerprint density at radius 1 is 1.08 bits per heavy atom. The molecule has 0 aromatic heterocycles. The fraction of sp³-hybridized carbons (Fsp3) is 0.350. The van der Waals surface area contributed by atoms with Crippen molar-refractivity contribution in [2.24, 2.45) is 0 Å². The number of hydrogen-bond donors (Lipinski definition) is 0. The van der Waals surface area contributed by atoms with Gasteiger partial charge in [-0.25, -0.2) is 4.79 Å². The first-order valence-electron chi connectivity index (χ1n) is 8.26. The number of ether oxygens (including phenoxy) is 2. The Labute approximate surface area is 143 Å². The summed E-state index contributed by atoms with van der Waals surface area (Å²) in [7, 11) is 0. The molecule has 4 heteroatoms. The van der Waals surface area contributed by atoms with Crippen LogP contribution in [-0.4, -0.2) is 25.3 Å². The van der Waals surface area contributed by atoms with Gasteiger partial charge in [-0.15, -0.1) is 0 Å². The molecule has 24 heavy (non-hydrogen) atoms. The van der Waals surface area contributed by atoms with E-state index in [-0.39, 0.29) is 5.41 Å². The Balaban J connectivity index is 1.58. The predicted octanol–water partition coefficient (Wildman–Crippen LogP) is 4.39. The van der Waals surface area contributed by atoms with E-state index in [0.29, 0.717) is 24.9 Å². The summed E-state index contributed by atoms with van der Waals surface area (Å²) in [5, 5.41) is 0. The summed E-state index contributed by atoms with van der Waals surface area (Å²) in [4.78, 5) is 14.1. The lowest BCUT2D eigenvalue weighted by molar-refractivity contribution is 0.101. The average Bonchev–Trinajstić information content (AvgIpc) is 2.77. The number of fused-ring (bicyclic) bond motifs is 1. The van der Waals surface area contributed by atoms with Gasteiger partial charge in [0.1, 0.15) is 12.4 Å². The van der Waals surface area contributed by atoms with Crippen molar-refractivity contribution in [3.63, 3.8) is 0 Å². The average molecular weight is 325 g/mol. The second-order valence-corrected chi connectivity index (χ2v) is 6.62. The second-order valence-electron chi connectivity index (χ2n) is 6.62. The lowest BCUT2D eigenvalue weighted by Crippen LogP contribution is -2.40. The van der Waals surface area contributed by atoms with Crippen LogP contribution in [0.4, 0.5) is 10.5 Å². The lowest BCUT2D eigenvalue weighted by atomic mass is 9.81. The van der Waals surface area contributed by atoms with Crippen LogP contribution in [-0.2, 0) is 10.2 Å². The molecule has 2 aromatic rings. The fourth-order valence-electron chi connectivity index (χ4n) is 3.25. The van der Waals surface area contributed by atoms with E-state index in [1.54, 1.807) is 12.1 Å². The molecule has 0 spiro atoms. The van der Waals surface area contributed by atoms with E-state index in [1.165, 1.54) is 11.3 Å². The minimum atomic E-state index is -0.666. The molecule has 0 bridgehead atoms. The molecule has 0 amide bonds. The molecule has 0 saturated carbocycles. The summed E-state index contributed by atoms with van der Waals surface area (Å²) in [5.41, 5.74) is 2.63. The van der Waals surface area contributed by atoms with Crippen LogP contribution in [0.3, 0.4) is 0 Å². The second kappa shape index (κ2) is 6.56. The van der Waals surface area contributed by atoms with Gasteiger partial charge in [-0.2, -0.15) is 0 Å². The molecule has 0 aliphatic carbocycles. The highest BCUT2D eigenvalue weighted by Gasteiger charge is 2.41. The largest absolute Gasteiger partial charge is 0.513 e. The van der Waals surface area contributed by atoms with Crippen LogP contribution < -0.4 is 9.64 Å². The van der Waals surface area contributed by atoms with E-state index in [9.17, 15) is 4.79 Å². The summed E-state index contributed by atoms with van der Waals surface area (Å²) in [6.45, 7) is 7.65. The lowest BCUT2D eigenvalue weighted by Gasteiger charge is -2.31. The van der Waals surface area contributed by atoms with Crippen LogP contribution in [0, 0.1) is 0 Å². The molecule has 0 saturated heterocycles. The smallest absolute Gasteiger partial charge is 0.432 e. The highest BCUT2D eigenvalue weighted by molar-refractivity contribution is 5.65. The number of para-hydroxylation sites is 2. The highest BCUT2D eigenvalue weighted by Crippen LogP contribution is 2.44. The molecule has 1 aliphatic heterocycles. The Morgan fingerprint density at radius 3 is 2.50 bits per heavy atom. The summed E-state index contributed by atoms with van der Waals surface area (Å²) in [6, 6.07) is 17.7. The van der Waals surface area contributed by atoms with Gasteiger partial charge in [0.15, 0.2) is 0 Å². The molecular formula is C20H23NO3. The summed E-state index contributed by atoms with van der Waals surface area (Å²) < 4.78 is 10.4. The monoisotopic (exact) mass is 325 g/mol. The van der Waals surface area contributed by atoms with Gasteiger partial charge < -0.3 is 14.4 Å². The first kappa shape index (κ1) is 16.4. The fourth-order valence-corrected chi connectivity index (χ4v) is 3.25. The summed E-state index contributed by atoms with van der Waals surface area (Å²) >= 11 is 0. The predicted molar refractivity (Wildman–Crippen MR) is 94.7 cm³/mol. The third-order valence-corrected chi connectivity index (χ3v) is 4.92. The number of rotatable bonds is 4. The van der Waals surface area contributed by atoms with Crippen molar-refractivity contribution in [2.75, 3.05) is 18.1 Å². The molecule has 0 N–H and O–H groups in total. The molecule has 1 aliphatic rings. The zero-order valence-electron chi connectivity index (χ0n) is 14.4. The van der Waals surface area contributed by atoms with Gasteiger partial charge in [0.25, 0.3) is 0 Å². The van der Waals surface area contributed by atoms with E-state index in [2.05, 4.69) is 43.9 Å². The maximum atomic E-state index is 11.8. The number of nitrogens with zero attached hydrogens (tertiary/aromatic N) is 1. The number of hydrogen-bond acceptors (Lipinski definition) is 4. The molecule has 4 nitrogen and oxygen atoms in total. The normalized spacial score (nSPS) is 18.1.